The van der Waals surface area contributed by atoms with Crippen molar-refractivity contribution in [1.29, 1.82) is 0 Å². The van der Waals surface area contributed by atoms with Crippen molar-refractivity contribution < 1.29 is 9.21 Å². The molecule has 3 aromatic rings. The van der Waals surface area contributed by atoms with Crippen molar-refractivity contribution in [3.63, 3.8) is 0 Å². The quantitative estimate of drug-likeness (QED) is 0.668. The molecule has 4 rings (SSSR count). The fourth-order valence-electron chi connectivity index (χ4n) is 3.60. The number of carbonyl (C=O) groups excluding carboxylic acids is 1. The molecule has 0 saturated carbocycles. The van der Waals surface area contributed by atoms with E-state index in [4.69, 9.17) is 4.42 Å². The molecule has 1 saturated heterocycles. The van der Waals surface area contributed by atoms with Gasteiger partial charge in [0.2, 0.25) is 0 Å². The van der Waals surface area contributed by atoms with Crippen LogP contribution < -0.4 is 4.90 Å². The Balaban J connectivity index is 1.45. The molecule has 26 heavy (non-hydrogen) atoms. The lowest BCUT2D eigenvalue weighted by atomic mass is 10.0. The van der Waals surface area contributed by atoms with Crippen LogP contribution in [0.15, 0.2) is 46.2 Å². The third-order valence-electron chi connectivity index (χ3n) is 4.92. The SMILES string of the molecule is CCCN(C(=O)c1cccs1)C1CCN(c2nc3ccccc3o2)CC1. The lowest BCUT2D eigenvalue weighted by Crippen LogP contribution is -2.47. The maximum absolute atomic E-state index is 12.9. The summed E-state index contributed by atoms with van der Waals surface area (Å²) in [7, 11) is 0. The van der Waals surface area contributed by atoms with Crippen molar-refractivity contribution in [2.24, 2.45) is 0 Å². The number of hydrogen-bond acceptors (Lipinski definition) is 5. The fraction of sp³-hybridized carbons (Fsp3) is 0.400. The zero-order chi connectivity index (χ0) is 17.9. The molecule has 0 N–H and O–H groups in total. The van der Waals surface area contributed by atoms with Gasteiger partial charge < -0.3 is 14.2 Å². The molecule has 3 heterocycles. The van der Waals surface area contributed by atoms with Crippen LogP contribution in [0.5, 0.6) is 0 Å². The molecule has 1 aliphatic rings. The number of rotatable bonds is 5. The highest BCUT2D eigenvalue weighted by Gasteiger charge is 2.29. The number of fused-ring (bicyclic) bond motifs is 1. The molecule has 0 unspecified atom stereocenters. The normalized spacial score (nSPS) is 15.5. The summed E-state index contributed by atoms with van der Waals surface area (Å²) in [6.45, 7) is 4.65. The third-order valence-corrected chi connectivity index (χ3v) is 5.77. The fourth-order valence-corrected chi connectivity index (χ4v) is 4.28. The predicted molar refractivity (Wildman–Crippen MR) is 105 cm³/mol. The Morgan fingerprint density at radius 2 is 2.08 bits per heavy atom. The van der Waals surface area contributed by atoms with E-state index in [1.54, 1.807) is 0 Å². The summed E-state index contributed by atoms with van der Waals surface area (Å²) in [6.07, 6.45) is 2.86. The molecular weight excluding hydrogens is 346 g/mol. The van der Waals surface area contributed by atoms with Crippen LogP contribution in [0.1, 0.15) is 35.9 Å². The van der Waals surface area contributed by atoms with Gasteiger partial charge in [-0.3, -0.25) is 4.79 Å². The Bertz CT molecular complexity index is 833. The van der Waals surface area contributed by atoms with Gasteiger partial charge in [-0.2, -0.15) is 4.98 Å². The number of anilines is 1. The average Bonchev–Trinajstić information content (AvgIpc) is 3.35. The van der Waals surface area contributed by atoms with Gasteiger partial charge in [0.15, 0.2) is 5.58 Å². The highest BCUT2D eigenvalue weighted by atomic mass is 32.1. The second-order valence-electron chi connectivity index (χ2n) is 6.66. The molecule has 0 atom stereocenters. The van der Waals surface area contributed by atoms with Gasteiger partial charge in [0.25, 0.3) is 11.9 Å². The second-order valence-corrected chi connectivity index (χ2v) is 7.61. The summed E-state index contributed by atoms with van der Waals surface area (Å²) in [5.41, 5.74) is 1.72. The number of oxazole rings is 1. The maximum Gasteiger partial charge on any atom is 0.298 e. The predicted octanol–water partition coefficient (Wildman–Crippen LogP) is 4.41. The van der Waals surface area contributed by atoms with Gasteiger partial charge in [0.1, 0.15) is 5.52 Å². The van der Waals surface area contributed by atoms with Crippen LogP contribution in [0.25, 0.3) is 11.1 Å². The number of nitrogens with zero attached hydrogens (tertiary/aromatic N) is 3. The van der Waals surface area contributed by atoms with Crippen LogP contribution in [0.2, 0.25) is 0 Å². The minimum atomic E-state index is 0.169. The number of para-hydroxylation sites is 2. The number of amides is 1. The Hall–Kier alpha value is -2.34. The maximum atomic E-state index is 12.9. The first-order valence-corrected chi connectivity index (χ1v) is 10.1. The molecule has 1 fully saturated rings. The van der Waals surface area contributed by atoms with E-state index in [1.165, 1.54) is 11.3 Å². The summed E-state index contributed by atoms with van der Waals surface area (Å²) in [4.78, 5) is 22.5. The molecule has 2 aromatic heterocycles. The average molecular weight is 369 g/mol. The number of benzene rings is 1. The summed E-state index contributed by atoms with van der Waals surface area (Å²) >= 11 is 1.52. The van der Waals surface area contributed by atoms with Crippen LogP contribution in [0.4, 0.5) is 6.01 Å². The molecule has 0 bridgehead atoms. The zero-order valence-corrected chi connectivity index (χ0v) is 15.7. The molecule has 5 nitrogen and oxygen atoms in total. The lowest BCUT2D eigenvalue weighted by Gasteiger charge is -2.37. The van der Waals surface area contributed by atoms with Gasteiger partial charge in [-0.05, 0) is 42.8 Å². The van der Waals surface area contributed by atoms with E-state index < -0.39 is 0 Å². The first-order valence-electron chi connectivity index (χ1n) is 9.21. The molecule has 136 valence electrons. The van der Waals surface area contributed by atoms with Crippen molar-refractivity contribution >= 4 is 34.4 Å². The van der Waals surface area contributed by atoms with Crippen LogP contribution in [0.3, 0.4) is 0 Å². The number of hydrogen-bond donors (Lipinski definition) is 0. The van der Waals surface area contributed by atoms with Crippen LogP contribution in [-0.2, 0) is 0 Å². The van der Waals surface area contributed by atoms with Crippen LogP contribution in [0, 0.1) is 0 Å². The van der Waals surface area contributed by atoms with Crippen molar-refractivity contribution in [3.05, 3.63) is 46.7 Å². The Morgan fingerprint density at radius 1 is 1.27 bits per heavy atom. The molecule has 1 aromatic carbocycles. The van der Waals surface area contributed by atoms with Gasteiger partial charge in [-0.25, -0.2) is 0 Å². The highest BCUT2D eigenvalue weighted by Crippen LogP contribution is 2.27. The van der Waals surface area contributed by atoms with E-state index in [-0.39, 0.29) is 11.9 Å². The molecule has 1 amide bonds. The minimum absolute atomic E-state index is 0.169. The number of piperidine rings is 1. The van der Waals surface area contributed by atoms with Crippen molar-refractivity contribution in [1.82, 2.24) is 9.88 Å². The topological polar surface area (TPSA) is 49.6 Å². The minimum Gasteiger partial charge on any atom is -0.423 e. The number of carbonyl (C=O) groups is 1. The third kappa shape index (κ3) is 3.33. The van der Waals surface area contributed by atoms with Gasteiger partial charge in [0.05, 0.1) is 4.88 Å². The van der Waals surface area contributed by atoms with E-state index >= 15 is 0 Å². The van der Waals surface area contributed by atoms with E-state index in [1.807, 2.05) is 41.8 Å². The van der Waals surface area contributed by atoms with E-state index in [0.717, 1.165) is 54.9 Å². The number of thiophene rings is 1. The summed E-state index contributed by atoms with van der Waals surface area (Å²) < 4.78 is 5.89. The van der Waals surface area contributed by atoms with Gasteiger partial charge in [-0.1, -0.05) is 25.1 Å². The summed E-state index contributed by atoms with van der Waals surface area (Å²) in [6, 6.07) is 12.7. The smallest absolute Gasteiger partial charge is 0.298 e. The van der Waals surface area contributed by atoms with E-state index in [0.29, 0.717) is 6.01 Å². The van der Waals surface area contributed by atoms with Gasteiger partial charge in [-0.15, -0.1) is 11.3 Å². The summed E-state index contributed by atoms with van der Waals surface area (Å²) in [5.74, 6) is 0.169. The molecule has 0 aliphatic carbocycles. The van der Waals surface area contributed by atoms with Crippen molar-refractivity contribution in [3.8, 4) is 0 Å². The van der Waals surface area contributed by atoms with E-state index in [9.17, 15) is 4.79 Å². The Morgan fingerprint density at radius 3 is 2.77 bits per heavy atom. The molecule has 0 radical (unpaired) electrons. The summed E-state index contributed by atoms with van der Waals surface area (Å²) in [5, 5.41) is 1.97. The molecule has 6 heteroatoms. The lowest BCUT2D eigenvalue weighted by molar-refractivity contribution is 0.0654. The second kappa shape index (κ2) is 7.50. The van der Waals surface area contributed by atoms with Crippen molar-refractivity contribution in [2.75, 3.05) is 24.5 Å². The first-order chi connectivity index (χ1) is 12.8. The first kappa shape index (κ1) is 17.1. The van der Waals surface area contributed by atoms with Crippen LogP contribution >= 0.6 is 11.3 Å². The standard InChI is InChI=1S/C20H23N3O2S/c1-2-11-23(19(24)18-8-5-14-26-18)15-9-12-22(13-10-15)20-21-16-6-3-4-7-17(16)25-20/h3-8,14-15H,2,9-13H2,1H3. The zero-order valence-electron chi connectivity index (χ0n) is 14.9. The van der Waals surface area contributed by atoms with Gasteiger partial charge >= 0.3 is 0 Å². The van der Waals surface area contributed by atoms with Crippen molar-refractivity contribution in [2.45, 2.75) is 32.2 Å². The monoisotopic (exact) mass is 369 g/mol. The molecule has 1 aliphatic heterocycles. The van der Waals surface area contributed by atoms with E-state index in [2.05, 4.69) is 21.7 Å². The van der Waals surface area contributed by atoms with Crippen LogP contribution in [-0.4, -0.2) is 41.5 Å². The Kier molecular flexibility index (Phi) is 4.93. The largest absolute Gasteiger partial charge is 0.423 e. The molecule has 0 spiro atoms. The Labute approximate surface area is 157 Å². The van der Waals surface area contributed by atoms with Gasteiger partial charge in [0, 0.05) is 25.7 Å². The molecular formula is C20H23N3O2S. The highest BCUT2D eigenvalue weighted by molar-refractivity contribution is 7.12. The number of aromatic nitrogens is 1.